The number of allylic oxidation sites excluding steroid dienone is 2. The number of fused-ring (bicyclic) bond motifs is 1. The molecule has 2 amide bonds. The second-order valence-electron chi connectivity index (χ2n) is 4.94. The number of primary amides is 1. The molecule has 0 aromatic carbocycles. The van der Waals surface area contributed by atoms with E-state index < -0.39 is 6.03 Å². The number of carbonyl (C=O) groups excluding carboxylic acids is 1. The number of hydrazone groups is 1. The highest BCUT2D eigenvalue weighted by Gasteiger charge is 2.46. The molecule has 0 bridgehead atoms. The Kier molecular flexibility index (Phi) is 2.29. The Morgan fingerprint density at radius 2 is 2.40 bits per heavy atom. The lowest BCUT2D eigenvalue weighted by atomic mass is 9.85. The van der Waals surface area contributed by atoms with Gasteiger partial charge in [0.05, 0.1) is 5.71 Å². The van der Waals surface area contributed by atoms with Crippen molar-refractivity contribution < 1.29 is 4.79 Å². The summed E-state index contributed by atoms with van der Waals surface area (Å²) >= 11 is 0. The first-order chi connectivity index (χ1) is 7.00. The van der Waals surface area contributed by atoms with E-state index in [1.54, 1.807) is 0 Å². The van der Waals surface area contributed by atoms with E-state index >= 15 is 0 Å². The van der Waals surface area contributed by atoms with E-state index in [0.717, 1.165) is 18.1 Å². The van der Waals surface area contributed by atoms with E-state index in [9.17, 15) is 4.79 Å². The first-order valence-corrected chi connectivity index (χ1v) is 5.32. The van der Waals surface area contributed by atoms with E-state index in [2.05, 4.69) is 36.5 Å². The van der Waals surface area contributed by atoms with Gasteiger partial charge in [0.15, 0.2) is 0 Å². The van der Waals surface area contributed by atoms with Crippen LogP contribution < -0.4 is 11.2 Å². The van der Waals surface area contributed by atoms with Gasteiger partial charge in [0, 0.05) is 11.3 Å². The van der Waals surface area contributed by atoms with Crippen molar-refractivity contribution in [3.63, 3.8) is 0 Å². The highest BCUT2D eigenvalue weighted by atomic mass is 16.2. The molecule has 15 heavy (non-hydrogen) atoms. The molecule has 2 rings (SSSR count). The van der Waals surface area contributed by atoms with E-state index in [4.69, 9.17) is 5.73 Å². The molecule has 0 radical (unpaired) electrons. The van der Waals surface area contributed by atoms with E-state index in [-0.39, 0.29) is 5.41 Å². The summed E-state index contributed by atoms with van der Waals surface area (Å²) in [5.41, 5.74) is 8.35. The molecule has 0 heterocycles. The molecule has 0 aromatic rings. The Hall–Kier alpha value is -1.32. The standard InChI is InChI=1S/C11H17N3O/c1-11(2)5-3-4-7-6-8(7)9(11)13-14-10(12)15/h3,5,7-8H,4,6H2,1-2H3,(H3,12,14,15)/b13-9-/t7-,8-/m1/s1. The van der Waals surface area contributed by atoms with Gasteiger partial charge in [-0.1, -0.05) is 26.0 Å². The number of amides is 2. The maximum Gasteiger partial charge on any atom is 0.332 e. The van der Waals surface area contributed by atoms with Crippen LogP contribution in [-0.4, -0.2) is 11.7 Å². The van der Waals surface area contributed by atoms with Crippen molar-refractivity contribution in [1.82, 2.24) is 5.43 Å². The number of carbonyl (C=O) groups is 1. The van der Waals surface area contributed by atoms with Crippen LogP contribution in [0.2, 0.25) is 0 Å². The second kappa shape index (κ2) is 3.36. The van der Waals surface area contributed by atoms with Crippen LogP contribution in [0, 0.1) is 17.3 Å². The molecule has 2 aliphatic carbocycles. The summed E-state index contributed by atoms with van der Waals surface area (Å²) in [4.78, 5) is 10.6. The van der Waals surface area contributed by atoms with Crippen molar-refractivity contribution in [2.45, 2.75) is 26.7 Å². The molecule has 0 saturated heterocycles. The number of nitrogens with two attached hydrogens (primary N) is 1. The minimum Gasteiger partial charge on any atom is -0.350 e. The maximum absolute atomic E-state index is 10.6. The molecule has 4 nitrogen and oxygen atoms in total. The van der Waals surface area contributed by atoms with Gasteiger partial charge in [-0.15, -0.1) is 0 Å². The predicted octanol–water partition coefficient (Wildman–Crippen LogP) is 1.63. The summed E-state index contributed by atoms with van der Waals surface area (Å²) in [6.45, 7) is 4.23. The Morgan fingerprint density at radius 1 is 1.67 bits per heavy atom. The molecular formula is C11H17N3O. The van der Waals surface area contributed by atoms with Crippen LogP contribution in [0.5, 0.6) is 0 Å². The van der Waals surface area contributed by atoms with Gasteiger partial charge in [-0.25, -0.2) is 10.2 Å². The van der Waals surface area contributed by atoms with Gasteiger partial charge in [-0.3, -0.25) is 0 Å². The SMILES string of the molecule is CC1(C)C=CC[C@@H]2C[C@H]2/C1=N/NC(N)=O. The molecule has 4 heteroatoms. The fraction of sp³-hybridized carbons (Fsp3) is 0.636. The van der Waals surface area contributed by atoms with E-state index in [1.807, 2.05) is 0 Å². The molecule has 0 aliphatic heterocycles. The zero-order valence-electron chi connectivity index (χ0n) is 9.16. The van der Waals surface area contributed by atoms with Gasteiger partial charge < -0.3 is 5.73 Å². The summed E-state index contributed by atoms with van der Waals surface area (Å²) in [5, 5.41) is 4.16. The van der Waals surface area contributed by atoms with Crippen LogP contribution in [0.15, 0.2) is 17.3 Å². The van der Waals surface area contributed by atoms with Crippen molar-refractivity contribution in [3.8, 4) is 0 Å². The van der Waals surface area contributed by atoms with Gasteiger partial charge in [-0.05, 0) is 18.8 Å². The average Bonchev–Trinajstić information content (AvgIpc) is 2.82. The molecule has 82 valence electrons. The van der Waals surface area contributed by atoms with Crippen LogP contribution in [-0.2, 0) is 0 Å². The van der Waals surface area contributed by atoms with Gasteiger partial charge in [0.1, 0.15) is 0 Å². The van der Waals surface area contributed by atoms with Crippen molar-refractivity contribution in [3.05, 3.63) is 12.2 Å². The van der Waals surface area contributed by atoms with Crippen molar-refractivity contribution >= 4 is 11.7 Å². The third-order valence-electron chi connectivity index (χ3n) is 3.19. The monoisotopic (exact) mass is 207 g/mol. The number of nitrogens with one attached hydrogen (secondary N) is 1. The van der Waals surface area contributed by atoms with E-state index in [0.29, 0.717) is 5.92 Å². The first kappa shape index (κ1) is 10.2. The van der Waals surface area contributed by atoms with Crippen LogP contribution in [0.1, 0.15) is 26.7 Å². The number of nitrogens with zero attached hydrogens (tertiary/aromatic N) is 1. The Labute approximate surface area is 89.6 Å². The predicted molar refractivity (Wildman–Crippen MR) is 59.3 cm³/mol. The highest BCUT2D eigenvalue weighted by molar-refractivity contribution is 5.96. The third kappa shape index (κ3) is 2.03. The van der Waals surface area contributed by atoms with E-state index in [1.165, 1.54) is 6.42 Å². The molecule has 0 aromatic heterocycles. The summed E-state index contributed by atoms with van der Waals surface area (Å²) in [5.74, 6) is 1.25. The minimum absolute atomic E-state index is 0.0711. The zero-order valence-corrected chi connectivity index (χ0v) is 9.16. The summed E-state index contributed by atoms with van der Waals surface area (Å²) in [6, 6.07) is -0.594. The topological polar surface area (TPSA) is 67.5 Å². The number of hydrogen-bond acceptors (Lipinski definition) is 2. The molecule has 1 saturated carbocycles. The van der Waals surface area contributed by atoms with Gasteiger partial charge >= 0.3 is 6.03 Å². The van der Waals surface area contributed by atoms with Gasteiger partial charge in [0.25, 0.3) is 0 Å². The normalized spacial score (nSPS) is 34.4. The maximum atomic E-state index is 10.6. The molecule has 2 aliphatic rings. The smallest absolute Gasteiger partial charge is 0.332 e. The fourth-order valence-corrected chi connectivity index (χ4v) is 2.29. The van der Waals surface area contributed by atoms with Crippen molar-refractivity contribution in [2.75, 3.05) is 0 Å². The number of hydrogen-bond donors (Lipinski definition) is 2. The second-order valence-corrected chi connectivity index (χ2v) is 4.94. The molecule has 2 atom stereocenters. The summed E-state index contributed by atoms with van der Waals surface area (Å²) in [6.07, 6.45) is 6.70. The fourth-order valence-electron chi connectivity index (χ4n) is 2.29. The average molecular weight is 207 g/mol. The van der Waals surface area contributed by atoms with Crippen LogP contribution in [0.3, 0.4) is 0 Å². The van der Waals surface area contributed by atoms with Gasteiger partial charge in [-0.2, -0.15) is 5.10 Å². The van der Waals surface area contributed by atoms with Crippen LogP contribution >= 0.6 is 0 Å². The van der Waals surface area contributed by atoms with Gasteiger partial charge in [0.2, 0.25) is 0 Å². The van der Waals surface area contributed by atoms with Crippen LogP contribution in [0.4, 0.5) is 4.79 Å². The molecular weight excluding hydrogens is 190 g/mol. The molecule has 3 N–H and O–H groups in total. The third-order valence-corrected chi connectivity index (χ3v) is 3.19. The molecule has 1 fully saturated rings. The largest absolute Gasteiger partial charge is 0.350 e. The lowest BCUT2D eigenvalue weighted by molar-refractivity contribution is 0.249. The Balaban J connectivity index is 2.22. The van der Waals surface area contributed by atoms with Crippen LogP contribution in [0.25, 0.3) is 0 Å². The number of rotatable bonds is 1. The van der Waals surface area contributed by atoms with Crippen molar-refractivity contribution in [1.29, 1.82) is 0 Å². The quantitative estimate of drug-likeness (QED) is 0.498. The zero-order chi connectivity index (χ0) is 11.1. The highest BCUT2D eigenvalue weighted by Crippen LogP contribution is 2.49. The number of urea groups is 1. The lowest BCUT2D eigenvalue weighted by Crippen LogP contribution is -2.31. The summed E-state index contributed by atoms with van der Waals surface area (Å²) in [7, 11) is 0. The first-order valence-electron chi connectivity index (χ1n) is 5.32. The molecule has 0 spiro atoms. The Morgan fingerprint density at radius 3 is 3.07 bits per heavy atom. The Bertz CT molecular complexity index is 344. The lowest BCUT2D eigenvalue weighted by Gasteiger charge is -2.22. The van der Waals surface area contributed by atoms with Crippen molar-refractivity contribution in [2.24, 2.45) is 28.1 Å². The minimum atomic E-state index is -0.594. The molecule has 0 unspecified atom stereocenters. The summed E-state index contributed by atoms with van der Waals surface area (Å²) < 4.78 is 0.